The zero-order valence-electron chi connectivity index (χ0n) is 10.9. The maximum atomic E-state index is 12.3. The van der Waals surface area contributed by atoms with Gasteiger partial charge in [-0.05, 0) is 11.8 Å². The highest BCUT2D eigenvalue weighted by molar-refractivity contribution is 5.41. The van der Waals surface area contributed by atoms with Crippen molar-refractivity contribution in [2.24, 2.45) is 7.05 Å². The molecule has 2 aromatic heterocycles. The normalized spacial score (nSPS) is 11.9. The van der Waals surface area contributed by atoms with Crippen molar-refractivity contribution in [1.82, 2.24) is 19.4 Å². The fourth-order valence-corrected chi connectivity index (χ4v) is 2.24. The summed E-state index contributed by atoms with van der Waals surface area (Å²) in [4.78, 5) is 12.3. The third kappa shape index (κ3) is 1.66. The maximum Gasteiger partial charge on any atom is 0.257 e. The van der Waals surface area contributed by atoms with Crippen molar-refractivity contribution in [2.45, 2.75) is 39.5 Å². The number of hydrogen-bond acceptors (Lipinski definition) is 3. The largest absolute Gasteiger partial charge is 0.295 e. The van der Waals surface area contributed by atoms with Crippen LogP contribution < -0.4 is 5.56 Å². The van der Waals surface area contributed by atoms with E-state index >= 15 is 0 Å². The zero-order chi connectivity index (χ0) is 12.7. The molecule has 2 heterocycles. The minimum absolute atomic E-state index is 0.0542. The molecule has 0 unspecified atom stereocenters. The first-order valence-corrected chi connectivity index (χ1v) is 5.88. The predicted octanol–water partition coefficient (Wildman–Crippen LogP) is 1.67. The average Bonchev–Trinajstić information content (AvgIpc) is 2.70. The van der Waals surface area contributed by atoms with Crippen LogP contribution in [0, 0.1) is 0 Å². The molecule has 0 aromatic carbocycles. The Morgan fingerprint density at radius 2 is 1.82 bits per heavy atom. The van der Waals surface area contributed by atoms with Gasteiger partial charge in [0.15, 0.2) is 5.65 Å². The van der Waals surface area contributed by atoms with Crippen LogP contribution in [0.3, 0.4) is 0 Å². The van der Waals surface area contributed by atoms with Crippen molar-refractivity contribution in [3.05, 3.63) is 27.8 Å². The van der Waals surface area contributed by atoms with Crippen molar-refractivity contribution in [3.63, 3.8) is 0 Å². The molecule has 0 spiro atoms. The van der Waals surface area contributed by atoms with Crippen LogP contribution in [0.15, 0.2) is 11.0 Å². The summed E-state index contributed by atoms with van der Waals surface area (Å²) in [5.74, 6) is 0.421. The Bertz CT molecular complexity index is 607. The lowest BCUT2D eigenvalue weighted by molar-refractivity contribution is 0.655. The van der Waals surface area contributed by atoms with Crippen LogP contribution >= 0.6 is 0 Å². The molecule has 0 saturated carbocycles. The van der Waals surface area contributed by atoms with Crippen molar-refractivity contribution in [3.8, 4) is 0 Å². The lowest BCUT2D eigenvalue weighted by atomic mass is 9.96. The van der Waals surface area contributed by atoms with Gasteiger partial charge in [0, 0.05) is 12.6 Å². The molecule has 0 saturated heterocycles. The van der Waals surface area contributed by atoms with E-state index in [1.165, 1.54) is 0 Å². The summed E-state index contributed by atoms with van der Waals surface area (Å²) in [6.45, 7) is 8.21. The van der Waals surface area contributed by atoms with Crippen molar-refractivity contribution < 1.29 is 0 Å². The molecule has 2 rings (SSSR count). The van der Waals surface area contributed by atoms with E-state index in [0.29, 0.717) is 0 Å². The molecule has 2 aromatic rings. The Kier molecular flexibility index (Phi) is 2.77. The van der Waals surface area contributed by atoms with Gasteiger partial charge in [-0.25, -0.2) is 4.52 Å². The van der Waals surface area contributed by atoms with Gasteiger partial charge in [0.2, 0.25) is 0 Å². The molecule has 5 heteroatoms. The van der Waals surface area contributed by atoms with E-state index in [1.807, 2.05) is 13.8 Å². The van der Waals surface area contributed by atoms with E-state index < -0.39 is 0 Å². The number of aryl methyl sites for hydroxylation is 1. The van der Waals surface area contributed by atoms with Crippen LogP contribution in [0.4, 0.5) is 0 Å². The smallest absolute Gasteiger partial charge is 0.257 e. The van der Waals surface area contributed by atoms with E-state index in [9.17, 15) is 4.79 Å². The Morgan fingerprint density at radius 3 is 2.35 bits per heavy atom. The minimum Gasteiger partial charge on any atom is -0.295 e. The third-order valence-corrected chi connectivity index (χ3v) is 3.04. The Hall–Kier alpha value is -1.65. The number of rotatable bonds is 2. The topological polar surface area (TPSA) is 52.2 Å². The summed E-state index contributed by atoms with van der Waals surface area (Å²) in [6.07, 6.45) is 1.62. The quantitative estimate of drug-likeness (QED) is 0.794. The zero-order valence-corrected chi connectivity index (χ0v) is 10.9. The molecule has 0 aliphatic heterocycles. The molecule has 0 amide bonds. The summed E-state index contributed by atoms with van der Waals surface area (Å²) in [6, 6.07) is 0. The van der Waals surface area contributed by atoms with Gasteiger partial charge >= 0.3 is 0 Å². The summed E-state index contributed by atoms with van der Waals surface area (Å²) < 4.78 is 3.39. The van der Waals surface area contributed by atoms with Crippen LogP contribution in [0.25, 0.3) is 5.65 Å². The first kappa shape index (κ1) is 11.8. The molecule has 0 aliphatic carbocycles. The van der Waals surface area contributed by atoms with Crippen LogP contribution in [-0.2, 0) is 7.05 Å². The SMILES string of the molecule is CC(C)c1c(C(C)C)n2nncc2n(C)c1=O. The summed E-state index contributed by atoms with van der Waals surface area (Å²) in [5.41, 5.74) is 2.60. The molecular weight excluding hydrogens is 216 g/mol. The number of hydrogen-bond donors (Lipinski definition) is 0. The monoisotopic (exact) mass is 234 g/mol. The lowest BCUT2D eigenvalue weighted by Gasteiger charge is -2.17. The lowest BCUT2D eigenvalue weighted by Crippen LogP contribution is -2.28. The molecule has 0 fully saturated rings. The van der Waals surface area contributed by atoms with E-state index in [0.717, 1.165) is 16.9 Å². The van der Waals surface area contributed by atoms with Crippen molar-refractivity contribution in [1.29, 1.82) is 0 Å². The molecule has 0 N–H and O–H groups in total. The highest BCUT2D eigenvalue weighted by atomic mass is 16.1. The predicted molar refractivity (Wildman–Crippen MR) is 66.4 cm³/mol. The summed E-state index contributed by atoms with van der Waals surface area (Å²) in [5, 5.41) is 7.99. The van der Waals surface area contributed by atoms with Crippen LogP contribution in [0.1, 0.15) is 50.8 Å². The second-order valence-electron chi connectivity index (χ2n) is 4.98. The molecular formula is C12H18N4O. The van der Waals surface area contributed by atoms with Gasteiger partial charge < -0.3 is 0 Å². The first-order chi connectivity index (χ1) is 7.95. The van der Waals surface area contributed by atoms with Crippen molar-refractivity contribution in [2.75, 3.05) is 0 Å². The van der Waals surface area contributed by atoms with Gasteiger partial charge in [0.1, 0.15) is 0 Å². The molecule has 5 nitrogen and oxygen atoms in total. The summed E-state index contributed by atoms with van der Waals surface area (Å²) >= 11 is 0. The Morgan fingerprint density at radius 1 is 1.18 bits per heavy atom. The molecule has 0 bridgehead atoms. The minimum atomic E-state index is 0.0542. The maximum absolute atomic E-state index is 12.3. The highest BCUT2D eigenvalue weighted by Crippen LogP contribution is 2.23. The van der Waals surface area contributed by atoms with Gasteiger partial charge in [-0.1, -0.05) is 32.9 Å². The second kappa shape index (κ2) is 3.98. The molecule has 17 heavy (non-hydrogen) atoms. The van der Waals surface area contributed by atoms with Gasteiger partial charge in [0.25, 0.3) is 5.56 Å². The second-order valence-corrected chi connectivity index (χ2v) is 4.98. The number of nitrogens with zero attached hydrogens (tertiary/aromatic N) is 4. The van der Waals surface area contributed by atoms with Gasteiger partial charge in [-0.15, -0.1) is 5.10 Å². The Balaban J connectivity index is 3.00. The standard InChI is InChI=1S/C12H18N4O/c1-7(2)10-11(8(3)4)16-9(6-13-14-16)15(5)12(10)17/h6-8H,1-5H3. The average molecular weight is 234 g/mol. The molecule has 0 atom stereocenters. The Labute approximate surface area is 100 Å². The number of fused-ring (bicyclic) bond motifs is 1. The van der Waals surface area contributed by atoms with Crippen molar-refractivity contribution >= 4 is 5.65 Å². The fourth-order valence-electron chi connectivity index (χ4n) is 2.24. The molecule has 92 valence electrons. The van der Waals surface area contributed by atoms with Gasteiger partial charge in [-0.2, -0.15) is 0 Å². The van der Waals surface area contributed by atoms with Gasteiger partial charge in [0.05, 0.1) is 11.9 Å². The summed E-state index contributed by atoms with van der Waals surface area (Å²) in [7, 11) is 1.76. The van der Waals surface area contributed by atoms with Crippen LogP contribution in [-0.4, -0.2) is 19.4 Å². The molecule has 0 aliphatic rings. The number of aromatic nitrogens is 4. The van der Waals surface area contributed by atoms with Gasteiger partial charge in [-0.3, -0.25) is 9.36 Å². The third-order valence-electron chi connectivity index (χ3n) is 3.04. The highest BCUT2D eigenvalue weighted by Gasteiger charge is 2.20. The fraction of sp³-hybridized carbons (Fsp3) is 0.583. The van der Waals surface area contributed by atoms with Crippen LogP contribution in [0.5, 0.6) is 0 Å². The van der Waals surface area contributed by atoms with E-state index in [4.69, 9.17) is 0 Å². The first-order valence-electron chi connectivity index (χ1n) is 5.88. The van der Waals surface area contributed by atoms with Crippen LogP contribution in [0.2, 0.25) is 0 Å². The van der Waals surface area contributed by atoms with E-state index in [-0.39, 0.29) is 17.4 Å². The molecule has 0 radical (unpaired) electrons. The van der Waals surface area contributed by atoms with E-state index in [2.05, 4.69) is 24.2 Å². The van der Waals surface area contributed by atoms with E-state index in [1.54, 1.807) is 22.3 Å².